The molecule has 200 valence electrons. The van der Waals surface area contributed by atoms with Gasteiger partial charge in [0, 0.05) is 35.8 Å². The lowest BCUT2D eigenvalue weighted by Crippen LogP contribution is -2.12. The number of carbonyl (C=O) groups is 1. The maximum absolute atomic E-state index is 13.4. The smallest absolute Gasteiger partial charge is 0.259 e. The number of fused-ring (bicyclic) bond motifs is 1. The predicted octanol–water partition coefficient (Wildman–Crippen LogP) is 4.90. The molecule has 0 saturated heterocycles. The van der Waals surface area contributed by atoms with E-state index in [9.17, 15) is 9.18 Å². The number of aromatic nitrogens is 6. The first kappa shape index (κ1) is 24.9. The molecule has 1 aliphatic rings. The zero-order valence-corrected chi connectivity index (χ0v) is 22.1. The number of aryl methyl sites for hydroxylation is 2. The summed E-state index contributed by atoms with van der Waals surface area (Å²) < 4.78 is 27.5. The number of amides is 1. The van der Waals surface area contributed by atoms with Crippen LogP contribution in [0.2, 0.25) is 0 Å². The molecule has 2 atom stereocenters. The third-order valence-corrected chi connectivity index (χ3v) is 7.16. The van der Waals surface area contributed by atoms with Crippen molar-refractivity contribution in [1.29, 1.82) is 0 Å². The number of nitrogens with zero attached hydrogens (tertiary/aromatic N) is 6. The molecule has 1 amide bonds. The van der Waals surface area contributed by atoms with Crippen molar-refractivity contribution >= 4 is 17.1 Å². The quantitative estimate of drug-likeness (QED) is 0.304. The molecule has 1 fully saturated rings. The van der Waals surface area contributed by atoms with Gasteiger partial charge in [0.15, 0.2) is 0 Å². The van der Waals surface area contributed by atoms with Crippen LogP contribution in [0.25, 0.3) is 28.0 Å². The van der Waals surface area contributed by atoms with Gasteiger partial charge in [-0.3, -0.25) is 9.48 Å². The van der Waals surface area contributed by atoms with E-state index in [4.69, 9.17) is 9.26 Å². The minimum Gasteiger partial charge on any atom is -0.383 e. The molecule has 6 rings (SSSR count). The van der Waals surface area contributed by atoms with Crippen molar-refractivity contribution < 1.29 is 18.4 Å². The Morgan fingerprint density at radius 3 is 2.79 bits per heavy atom. The molecule has 1 aromatic carbocycles. The number of nitrogens with one attached hydrogen (secondary N) is 1. The van der Waals surface area contributed by atoms with Crippen molar-refractivity contribution in [2.75, 3.05) is 19.0 Å². The van der Waals surface area contributed by atoms with Crippen molar-refractivity contribution in [2.45, 2.75) is 45.8 Å². The van der Waals surface area contributed by atoms with Gasteiger partial charge in [0.1, 0.15) is 6.17 Å². The zero-order valence-electron chi connectivity index (χ0n) is 22.1. The number of carbonyl (C=O) groups excluding carboxylic acids is 1. The van der Waals surface area contributed by atoms with E-state index in [1.165, 1.54) is 0 Å². The summed E-state index contributed by atoms with van der Waals surface area (Å²) in [5, 5.41) is 16.1. The van der Waals surface area contributed by atoms with Crippen LogP contribution in [0.1, 0.15) is 45.5 Å². The van der Waals surface area contributed by atoms with Crippen LogP contribution < -0.4 is 5.32 Å². The molecule has 0 aliphatic heterocycles. The molecule has 0 spiro atoms. The van der Waals surface area contributed by atoms with Gasteiger partial charge in [-0.05, 0) is 56.5 Å². The molecule has 4 heterocycles. The molecule has 0 bridgehead atoms. The van der Waals surface area contributed by atoms with Gasteiger partial charge in [-0.2, -0.15) is 15.2 Å². The lowest BCUT2D eigenvalue weighted by molar-refractivity contribution is 0.102. The molecule has 39 heavy (non-hydrogen) atoms. The standard InChI is InChI=1S/C28H28FN7O3/c1-15-5-6-19(26-32-28(39-34-26)20-13-22(20)29)11-23(15)31-27(37)21-14-30-36-8-7-18(12-24(21)36)25-16(2)33-35(17(25)3)9-10-38-4/h5-8,11-12,14,20,22H,9-10,13H2,1-4H3,(H,31,37)/t20-,22-/m0/s1. The van der Waals surface area contributed by atoms with Gasteiger partial charge >= 0.3 is 0 Å². The summed E-state index contributed by atoms with van der Waals surface area (Å²) in [6.07, 6.45) is 2.89. The molecule has 1 saturated carbocycles. The summed E-state index contributed by atoms with van der Waals surface area (Å²) in [4.78, 5) is 17.8. The number of hydrogen-bond donors (Lipinski definition) is 1. The average Bonchev–Trinajstić information content (AvgIpc) is 3.26. The minimum atomic E-state index is -0.919. The van der Waals surface area contributed by atoms with Gasteiger partial charge in [-0.1, -0.05) is 17.3 Å². The summed E-state index contributed by atoms with van der Waals surface area (Å²) in [5.41, 5.74) is 7.17. The van der Waals surface area contributed by atoms with Crippen LogP contribution in [0, 0.1) is 20.8 Å². The van der Waals surface area contributed by atoms with E-state index in [-0.39, 0.29) is 11.8 Å². The largest absolute Gasteiger partial charge is 0.383 e. The van der Waals surface area contributed by atoms with Crippen molar-refractivity contribution in [2.24, 2.45) is 0 Å². The highest BCUT2D eigenvalue weighted by Crippen LogP contribution is 2.43. The first-order chi connectivity index (χ1) is 18.8. The third kappa shape index (κ3) is 4.59. The molecular formula is C28H28FN7O3. The second-order valence-electron chi connectivity index (χ2n) is 9.86. The monoisotopic (exact) mass is 529 g/mol. The van der Waals surface area contributed by atoms with Crippen molar-refractivity contribution in [1.82, 2.24) is 29.5 Å². The number of ether oxygens (including phenoxy) is 1. The van der Waals surface area contributed by atoms with E-state index < -0.39 is 6.17 Å². The van der Waals surface area contributed by atoms with Crippen molar-refractivity contribution in [3.63, 3.8) is 0 Å². The van der Waals surface area contributed by atoms with Gasteiger partial charge < -0.3 is 14.6 Å². The molecule has 1 aliphatic carbocycles. The summed E-state index contributed by atoms with van der Waals surface area (Å²) in [6, 6.07) is 9.44. The van der Waals surface area contributed by atoms with E-state index in [0.717, 1.165) is 28.1 Å². The van der Waals surface area contributed by atoms with Crippen LogP contribution in [-0.4, -0.2) is 55.3 Å². The number of halogens is 1. The number of benzene rings is 1. The van der Waals surface area contributed by atoms with E-state index in [1.54, 1.807) is 23.9 Å². The second-order valence-corrected chi connectivity index (χ2v) is 9.86. The molecular weight excluding hydrogens is 501 g/mol. The zero-order chi connectivity index (χ0) is 27.3. The second kappa shape index (κ2) is 9.73. The maximum Gasteiger partial charge on any atom is 0.259 e. The van der Waals surface area contributed by atoms with Gasteiger partial charge in [-0.25, -0.2) is 8.91 Å². The van der Waals surface area contributed by atoms with E-state index in [0.29, 0.717) is 53.6 Å². The molecule has 5 aromatic rings. The van der Waals surface area contributed by atoms with Gasteiger partial charge in [0.2, 0.25) is 11.7 Å². The average molecular weight is 530 g/mol. The maximum atomic E-state index is 13.4. The van der Waals surface area contributed by atoms with Crippen LogP contribution in [0.15, 0.2) is 47.2 Å². The Bertz CT molecular complexity index is 1700. The highest BCUT2D eigenvalue weighted by Gasteiger charge is 2.43. The number of hydrogen-bond acceptors (Lipinski definition) is 7. The molecule has 11 heteroatoms. The van der Waals surface area contributed by atoms with E-state index >= 15 is 0 Å². The fraction of sp³-hybridized carbons (Fsp3) is 0.321. The number of anilines is 1. The Hall–Kier alpha value is -4.38. The molecule has 1 N–H and O–H groups in total. The highest BCUT2D eigenvalue weighted by atomic mass is 19.1. The Balaban J connectivity index is 1.28. The minimum absolute atomic E-state index is 0.293. The van der Waals surface area contributed by atoms with Crippen molar-refractivity contribution in [3.8, 4) is 22.5 Å². The first-order valence-electron chi connectivity index (χ1n) is 12.7. The highest BCUT2D eigenvalue weighted by molar-refractivity contribution is 6.09. The topological polar surface area (TPSA) is 112 Å². The summed E-state index contributed by atoms with van der Waals surface area (Å²) in [7, 11) is 1.67. The molecule has 0 radical (unpaired) electrons. The number of methoxy groups -OCH3 is 1. The molecule has 0 unspecified atom stereocenters. The van der Waals surface area contributed by atoms with Crippen LogP contribution in [0.5, 0.6) is 0 Å². The number of pyridine rings is 1. The van der Waals surface area contributed by atoms with E-state index in [1.807, 2.05) is 55.9 Å². The third-order valence-electron chi connectivity index (χ3n) is 7.16. The molecule has 4 aromatic heterocycles. The lowest BCUT2D eigenvalue weighted by Gasteiger charge is -2.10. The summed E-state index contributed by atoms with van der Waals surface area (Å²) >= 11 is 0. The van der Waals surface area contributed by atoms with Crippen LogP contribution >= 0.6 is 0 Å². The fourth-order valence-electron chi connectivity index (χ4n) is 4.83. The molecule has 10 nitrogen and oxygen atoms in total. The van der Waals surface area contributed by atoms with Crippen LogP contribution in [-0.2, 0) is 11.3 Å². The van der Waals surface area contributed by atoms with Crippen LogP contribution in [0.3, 0.4) is 0 Å². The Labute approximate surface area is 223 Å². The van der Waals surface area contributed by atoms with Crippen molar-refractivity contribution in [3.05, 3.63) is 71.1 Å². The Morgan fingerprint density at radius 1 is 1.21 bits per heavy atom. The normalized spacial score (nSPS) is 16.6. The first-order valence-corrected chi connectivity index (χ1v) is 12.7. The van der Waals surface area contributed by atoms with Gasteiger partial charge in [-0.15, -0.1) is 0 Å². The Morgan fingerprint density at radius 2 is 2.03 bits per heavy atom. The van der Waals surface area contributed by atoms with Crippen LogP contribution in [0.4, 0.5) is 10.1 Å². The van der Waals surface area contributed by atoms with Gasteiger partial charge in [0.05, 0.1) is 42.0 Å². The fourth-order valence-corrected chi connectivity index (χ4v) is 4.83. The van der Waals surface area contributed by atoms with E-state index in [2.05, 4.69) is 25.7 Å². The SMILES string of the molecule is COCCn1nc(C)c(-c2ccn3ncc(C(=O)Nc4cc(-c5noc([C@H]6C[C@@H]6F)n5)ccc4C)c3c2)c1C. The number of rotatable bonds is 8. The lowest BCUT2D eigenvalue weighted by atomic mass is 10.0. The number of alkyl halides is 1. The summed E-state index contributed by atoms with van der Waals surface area (Å²) in [5.74, 6) is 0.0554. The predicted molar refractivity (Wildman–Crippen MR) is 142 cm³/mol. The van der Waals surface area contributed by atoms with Gasteiger partial charge in [0.25, 0.3) is 5.91 Å². The Kier molecular flexibility index (Phi) is 6.22. The summed E-state index contributed by atoms with van der Waals surface area (Å²) in [6.45, 7) is 7.14.